The second-order valence-electron chi connectivity index (χ2n) is 5.59. The van der Waals surface area contributed by atoms with E-state index in [-0.39, 0.29) is 11.0 Å². The lowest BCUT2D eigenvalue weighted by atomic mass is 9.77. The Morgan fingerprint density at radius 2 is 1.89 bits per heavy atom. The minimum absolute atomic E-state index is 0.246. The molecule has 0 amide bonds. The predicted octanol–water partition coefficient (Wildman–Crippen LogP) is 3.79. The predicted molar refractivity (Wildman–Crippen MR) is 76.2 cm³/mol. The Balaban J connectivity index is 2.09. The largest absolute Gasteiger partial charge is 0.478 e. The monoisotopic (exact) mass is 280 g/mol. The van der Waals surface area contributed by atoms with Crippen LogP contribution in [0.2, 0.25) is 0 Å². The van der Waals surface area contributed by atoms with E-state index in [0.717, 1.165) is 10.8 Å². The Morgan fingerprint density at radius 1 is 1.22 bits per heavy atom. The number of carboxylic acids is 1. The molecular formula is C14H16O2S2. The first-order chi connectivity index (χ1) is 8.53. The van der Waals surface area contributed by atoms with E-state index in [1.807, 2.05) is 6.07 Å². The minimum atomic E-state index is -0.935. The van der Waals surface area contributed by atoms with Crippen LogP contribution in [-0.4, -0.2) is 11.1 Å². The van der Waals surface area contributed by atoms with Crippen LogP contribution in [-0.2, 0) is 5.41 Å². The number of hydrogen-bond donors (Lipinski definition) is 3. The molecule has 0 saturated heterocycles. The summed E-state index contributed by atoms with van der Waals surface area (Å²) in [6.45, 7) is 0. The highest BCUT2D eigenvalue weighted by atomic mass is 32.1. The Bertz CT molecular complexity index is 517. The van der Waals surface area contributed by atoms with Gasteiger partial charge in [-0.2, -0.15) is 0 Å². The van der Waals surface area contributed by atoms with E-state index in [0.29, 0.717) is 4.90 Å². The number of thiol groups is 2. The molecule has 1 aromatic carbocycles. The first kappa shape index (κ1) is 12.4. The van der Waals surface area contributed by atoms with Crippen LogP contribution >= 0.6 is 25.3 Å². The number of rotatable bonds is 2. The topological polar surface area (TPSA) is 37.3 Å². The fourth-order valence-corrected chi connectivity index (χ4v) is 4.47. The van der Waals surface area contributed by atoms with Gasteiger partial charge in [0.25, 0.3) is 0 Å². The Hall–Kier alpha value is -0.610. The highest BCUT2D eigenvalue weighted by Gasteiger charge is 2.46. The summed E-state index contributed by atoms with van der Waals surface area (Å²) in [7, 11) is 0. The van der Waals surface area contributed by atoms with Crippen LogP contribution in [0.1, 0.15) is 48.0 Å². The van der Waals surface area contributed by atoms with Crippen molar-refractivity contribution in [2.75, 3.05) is 0 Å². The van der Waals surface area contributed by atoms with Gasteiger partial charge in [-0.3, -0.25) is 0 Å². The zero-order chi connectivity index (χ0) is 12.9. The number of hydrogen-bond acceptors (Lipinski definition) is 3. The number of fused-ring (bicyclic) bond motifs is 2. The van der Waals surface area contributed by atoms with Crippen molar-refractivity contribution in [3.05, 3.63) is 23.3 Å². The molecule has 1 N–H and O–H groups in total. The molecule has 2 saturated carbocycles. The van der Waals surface area contributed by atoms with Crippen LogP contribution in [0.3, 0.4) is 0 Å². The van der Waals surface area contributed by atoms with E-state index in [2.05, 4.69) is 25.3 Å². The normalized spacial score (nSPS) is 29.8. The molecule has 0 heterocycles. The molecule has 1 aromatic rings. The van der Waals surface area contributed by atoms with Gasteiger partial charge in [0.2, 0.25) is 0 Å². The van der Waals surface area contributed by atoms with Gasteiger partial charge in [0.1, 0.15) is 0 Å². The highest BCUT2D eigenvalue weighted by Crippen LogP contribution is 2.56. The minimum Gasteiger partial charge on any atom is -0.478 e. The molecule has 3 rings (SSSR count). The molecule has 2 aliphatic rings. The van der Waals surface area contributed by atoms with Gasteiger partial charge in [-0.1, -0.05) is 6.07 Å². The van der Waals surface area contributed by atoms with Crippen molar-refractivity contribution >= 4 is 31.2 Å². The molecule has 2 aliphatic carbocycles. The molecule has 96 valence electrons. The summed E-state index contributed by atoms with van der Waals surface area (Å²) >= 11 is 8.88. The molecule has 2 fully saturated rings. The van der Waals surface area contributed by atoms with Gasteiger partial charge in [-0.15, -0.1) is 25.3 Å². The molecule has 0 spiro atoms. The summed E-state index contributed by atoms with van der Waals surface area (Å²) in [5.74, 6) is -0.0738. The molecule has 0 radical (unpaired) electrons. The third-order valence-corrected chi connectivity index (χ3v) is 5.80. The van der Waals surface area contributed by atoms with Crippen molar-refractivity contribution < 1.29 is 9.90 Å². The summed E-state index contributed by atoms with van der Waals surface area (Å²) in [6.07, 6.45) is 6.27. The van der Waals surface area contributed by atoms with Crippen molar-refractivity contribution in [3.63, 3.8) is 0 Å². The van der Waals surface area contributed by atoms with Crippen molar-refractivity contribution in [3.8, 4) is 0 Å². The van der Waals surface area contributed by atoms with E-state index in [1.54, 1.807) is 6.07 Å². The van der Waals surface area contributed by atoms with Gasteiger partial charge < -0.3 is 5.11 Å². The van der Waals surface area contributed by atoms with Crippen LogP contribution in [0, 0.1) is 5.92 Å². The maximum atomic E-state index is 11.1. The maximum absolute atomic E-state index is 11.1. The van der Waals surface area contributed by atoms with E-state index < -0.39 is 5.97 Å². The first-order valence-corrected chi connectivity index (χ1v) is 7.22. The van der Waals surface area contributed by atoms with Crippen molar-refractivity contribution in [1.29, 1.82) is 0 Å². The number of aromatic carboxylic acids is 1. The summed E-state index contributed by atoms with van der Waals surface area (Å²) < 4.78 is 0. The summed E-state index contributed by atoms with van der Waals surface area (Å²) in [5, 5.41) is 9.09. The van der Waals surface area contributed by atoms with Gasteiger partial charge in [0.05, 0.1) is 5.56 Å². The lowest BCUT2D eigenvalue weighted by molar-refractivity contribution is 0.0692. The van der Waals surface area contributed by atoms with Crippen LogP contribution < -0.4 is 0 Å². The first-order valence-electron chi connectivity index (χ1n) is 6.32. The van der Waals surface area contributed by atoms with Crippen LogP contribution in [0.4, 0.5) is 0 Å². The number of carbonyl (C=O) groups is 1. The Labute approximate surface area is 118 Å². The van der Waals surface area contributed by atoms with Gasteiger partial charge in [0.15, 0.2) is 0 Å². The molecule has 18 heavy (non-hydrogen) atoms. The zero-order valence-corrected chi connectivity index (χ0v) is 11.8. The van der Waals surface area contributed by atoms with E-state index in [1.165, 1.54) is 37.7 Å². The van der Waals surface area contributed by atoms with Crippen LogP contribution in [0.5, 0.6) is 0 Å². The fourth-order valence-electron chi connectivity index (χ4n) is 3.75. The zero-order valence-electron chi connectivity index (χ0n) is 10.0. The lowest BCUT2D eigenvalue weighted by Gasteiger charge is -2.29. The highest BCUT2D eigenvalue weighted by molar-refractivity contribution is 7.83. The summed E-state index contributed by atoms with van der Waals surface area (Å²) in [4.78, 5) is 12.4. The molecule has 0 atom stereocenters. The molecule has 0 aliphatic heterocycles. The number of benzene rings is 1. The smallest absolute Gasteiger partial charge is 0.336 e. The van der Waals surface area contributed by atoms with Gasteiger partial charge in [0, 0.05) is 9.79 Å². The van der Waals surface area contributed by atoms with Crippen molar-refractivity contribution in [2.45, 2.75) is 47.3 Å². The van der Waals surface area contributed by atoms with Crippen LogP contribution in [0.15, 0.2) is 21.9 Å². The molecular weight excluding hydrogens is 264 g/mol. The molecule has 4 heteroatoms. The second kappa shape index (κ2) is 4.20. The van der Waals surface area contributed by atoms with Gasteiger partial charge in [-0.05, 0) is 55.1 Å². The SMILES string of the molecule is O=C(O)c1ccc(C23CCC(CC2)C3)c(S)c1S. The van der Waals surface area contributed by atoms with Gasteiger partial charge >= 0.3 is 5.97 Å². The average Bonchev–Trinajstić information content (AvgIpc) is 2.93. The third kappa shape index (κ3) is 1.69. The standard InChI is InChI=1S/C14H16O2S2/c15-13(16)9-1-2-10(12(18)11(9)17)14-5-3-8(7-14)4-6-14/h1-2,8,17-18H,3-7H2,(H,15,16). The quantitative estimate of drug-likeness (QED) is 0.721. The van der Waals surface area contributed by atoms with E-state index >= 15 is 0 Å². The molecule has 0 aromatic heterocycles. The Morgan fingerprint density at radius 3 is 2.39 bits per heavy atom. The molecule has 2 nitrogen and oxygen atoms in total. The third-order valence-electron chi connectivity index (χ3n) is 4.69. The summed E-state index contributed by atoms with van der Waals surface area (Å²) in [6, 6.07) is 3.64. The van der Waals surface area contributed by atoms with Crippen molar-refractivity contribution in [1.82, 2.24) is 0 Å². The average molecular weight is 280 g/mol. The second-order valence-corrected chi connectivity index (χ2v) is 6.49. The maximum Gasteiger partial charge on any atom is 0.336 e. The van der Waals surface area contributed by atoms with E-state index in [4.69, 9.17) is 5.11 Å². The lowest BCUT2D eigenvalue weighted by Crippen LogP contribution is -2.21. The molecule has 0 unspecified atom stereocenters. The van der Waals surface area contributed by atoms with Crippen molar-refractivity contribution in [2.24, 2.45) is 5.92 Å². The fraction of sp³-hybridized carbons (Fsp3) is 0.500. The summed E-state index contributed by atoms with van der Waals surface area (Å²) in [5.41, 5.74) is 1.70. The van der Waals surface area contributed by atoms with Gasteiger partial charge in [-0.25, -0.2) is 4.79 Å². The van der Waals surface area contributed by atoms with E-state index in [9.17, 15) is 4.79 Å². The Kier molecular flexibility index (Phi) is 2.90. The number of carboxylic acid groups (broad SMARTS) is 1. The van der Waals surface area contributed by atoms with Crippen LogP contribution in [0.25, 0.3) is 0 Å². The molecule has 2 bridgehead atoms.